The fourth-order valence-electron chi connectivity index (χ4n) is 4.99. The van der Waals surface area contributed by atoms with Gasteiger partial charge in [-0.25, -0.2) is 4.98 Å². The van der Waals surface area contributed by atoms with Crippen LogP contribution in [-0.4, -0.2) is 15.5 Å². The van der Waals surface area contributed by atoms with Crippen LogP contribution in [0.3, 0.4) is 0 Å². The van der Waals surface area contributed by atoms with Crippen LogP contribution < -0.4 is 5.32 Å². The smallest absolute Gasteiger partial charge is 0.224 e. The molecule has 1 amide bonds. The number of nitrogens with zero attached hydrogens (tertiary/aromatic N) is 2. The minimum absolute atomic E-state index is 0.0362. The van der Waals surface area contributed by atoms with Crippen molar-refractivity contribution in [3.8, 4) is 11.3 Å². The molecule has 0 radical (unpaired) electrons. The van der Waals surface area contributed by atoms with E-state index in [2.05, 4.69) is 112 Å². The highest BCUT2D eigenvalue weighted by atomic mass is 79.9. The van der Waals surface area contributed by atoms with E-state index in [1.54, 1.807) is 0 Å². The first kappa shape index (κ1) is 25.7. The summed E-state index contributed by atoms with van der Waals surface area (Å²) in [4.78, 5) is 17.1. The van der Waals surface area contributed by atoms with E-state index in [9.17, 15) is 4.79 Å². The number of carbonyl (C=O) groups is 1. The first-order valence-electron chi connectivity index (χ1n) is 12.9. The zero-order valence-electron chi connectivity index (χ0n) is 21.3. The van der Waals surface area contributed by atoms with Crippen LogP contribution in [0.2, 0.25) is 0 Å². The number of nitrogens with one attached hydrogen (secondary N) is 1. The molecule has 1 aromatic heterocycles. The van der Waals surface area contributed by atoms with Crippen molar-refractivity contribution in [2.45, 2.75) is 31.7 Å². The molecule has 4 nitrogen and oxygen atoms in total. The van der Waals surface area contributed by atoms with Crippen molar-refractivity contribution < 1.29 is 4.79 Å². The lowest BCUT2D eigenvalue weighted by Gasteiger charge is -2.37. The van der Waals surface area contributed by atoms with E-state index in [1.807, 2.05) is 42.7 Å². The molecular weight excluding hydrogens is 534 g/mol. The monoisotopic (exact) mass is 563 g/mol. The van der Waals surface area contributed by atoms with Crippen LogP contribution in [0.4, 0.5) is 5.69 Å². The summed E-state index contributed by atoms with van der Waals surface area (Å²) in [6.07, 6.45) is 6.42. The maximum Gasteiger partial charge on any atom is 0.224 e. The highest BCUT2D eigenvalue weighted by Crippen LogP contribution is 2.42. The summed E-state index contributed by atoms with van der Waals surface area (Å²) < 4.78 is 3.08. The van der Waals surface area contributed by atoms with Crippen LogP contribution in [0.1, 0.15) is 42.9 Å². The Hall–Kier alpha value is -3.96. The van der Waals surface area contributed by atoms with Crippen molar-refractivity contribution in [3.05, 3.63) is 143 Å². The van der Waals surface area contributed by atoms with Gasteiger partial charge in [0.2, 0.25) is 5.91 Å². The third-order valence-corrected chi connectivity index (χ3v) is 7.49. The zero-order valence-corrected chi connectivity index (χ0v) is 22.9. The van der Waals surface area contributed by atoms with Gasteiger partial charge in [-0.2, -0.15) is 0 Å². The van der Waals surface area contributed by atoms with Gasteiger partial charge in [0.25, 0.3) is 0 Å². The highest BCUT2D eigenvalue weighted by Gasteiger charge is 2.38. The molecule has 5 heteroatoms. The molecule has 5 rings (SSSR count). The number of anilines is 1. The molecule has 0 aliphatic heterocycles. The molecule has 5 aromatic rings. The van der Waals surface area contributed by atoms with E-state index >= 15 is 0 Å². The predicted octanol–water partition coefficient (Wildman–Crippen LogP) is 8.28. The molecule has 190 valence electrons. The molecule has 0 saturated heterocycles. The van der Waals surface area contributed by atoms with Gasteiger partial charge >= 0.3 is 0 Å². The summed E-state index contributed by atoms with van der Waals surface area (Å²) in [6, 6.07) is 37.5. The Kier molecular flexibility index (Phi) is 7.85. The Morgan fingerprint density at radius 1 is 0.842 bits per heavy atom. The molecule has 0 unspecified atom stereocenters. The van der Waals surface area contributed by atoms with Gasteiger partial charge in [-0.3, -0.25) is 4.79 Å². The fourth-order valence-corrected chi connectivity index (χ4v) is 5.57. The lowest BCUT2D eigenvalue weighted by molar-refractivity contribution is -0.116. The number of amides is 1. The normalized spacial score (nSPS) is 11.3. The van der Waals surface area contributed by atoms with Crippen LogP contribution in [0.15, 0.2) is 126 Å². The number of halogens is 1. The van der Waals surface area contributed by atoms with E-state index in [-0.39, 0.29) is 5.91 Å². The van der Waals surface area contributed by atoms with Gasteiger partial charge in [0.05, 0.1) is 12.0 Å². The van der Waals surface area contributed by atoms with Gasteiger partial charge in [0, 0.05) is 28.3 Å². The van der Waals surface area contributed by atoms with Crippen molar-refractivity contribution in [1.82, 2.24) is 9.55 Å². The largest absolute Gasteiger partial charge is 0.326 e. The second-order valence-corrected chi connectivity index (χ2v) is 10.2. The van der Waals surface area contributed by atoms with Crippen molar-refractivity contribution in [3.63, 3.8) is 0 Å². The Balaban J connectivity index is 1.61. The lowest BCUT2D eigenvalue weighted by atomic mass is 9.77. The topological polar surface area (TPSA) is 46.9 Å². The summed E-state index contributed by atoms with van der Waals surface area (Å²) >= 11 is 3.72. The van der Waals surface area contributed by atoms with Crippen LogP contribution in [0.5, 0.6) is 0 Å². The second-order valence-electron chi connectivity index (χ2n) is 9.32. The van der Waals surface area contributed by atoms with Gasteiger partial charge in [-0.05, 0) is 41.3 Å². The lowest BCUT2D eigenvalue weighted by Crippen LogP contribution is -2.36. The number of benzene rings is 4. The number of rotatable bonds is 9. The molecule has 4 aromatic carbocycles. The maximum atomic E-state index is 12.2. The molecule has 38 heavy (non-hydrogen) atoms. The molecule has 0 spiro atoms. The second kappa shape index (κ2) is 11.6. The van der Waals surface area contributed by atoms with E-state index in [0.29, 0.717) is 6.42 Å². The molecule has 1 N–H and O–H groups in total. The van der Waals surface area contributed by atoms with E-state index < -0.39 is 5.54 Å². The van der Waals surface area contributed by atoms with Crippen molar-refractivity contribution in [2.24, 2.45) is 0 Å². The summed E-state index contributed by atoms with van der Waals surface area (Å²) in [6.45, 7) is 2.08. The molecule has 0 saturated carbocycles. The van der Waals surface area contributed by atoms with Gasteiger partial charge in [-0.1, -0.05) is 120 Å². The van der Waals surface area contributed by atoms with Gasteiger partial charge in [0.1, 0.15) is 5.54 Å². The maximum absolute atomic E-state index is 12.2. The van der Waals surface area contributed by atoms with E-state index in [0.717, 1.165) is 50.9 Å². The average molecular weight is 565 g/mol. The third-order valence-electron chi connectivity index (χ3n) is 6.83. The van der Waals surface area contributed by atoms with E-state index in [1.165, 1.54) is 0 Å². The summed E-state index contributed by atoms with van der Waals surface area (Å²) in [5, 5.41) is 3.00. The van der Waals surface area contributed by atoms with Gasteiger partial charge in [-0.15, -0.1) is 0 Å². The molecule has 0 bridgehead atoms. The first-order valence-corrected chi connectivity index (χ1v) is 13.7. The Bertz CT molecular complexity index is 1400. The van der Waals surface area contributed by atoms with Crippen LogP contribution >= 0.6 is 15.9 Å². The third kappa shape index (κ3) is 5.07. The minimum Gasteiger partial charge on any atom is -0.326 e. The number of hydrogen-bond acceptors (Lipinski definition) is 2. The highest BCUT2D eigenvalue weighted by molar-refractivity contribution is 9.10. The molecular formula is C33H30BrN3O. The number of hydrogen-bond donors (Lipinski definition) is 1. The van der Waals surface area contributed by atoms with Crippen molar-refractivity contribution >= 4 is 27.5 Å². The van der Waals surface area contributed by atoms with E-state index in [4.69, 9.17) is 4.98 Å². The molecule has 0 atom stereocenters. The summed E-state index contributed by atoms with van der Waals surface area (Å²) in [5.41, 5.74) is 5.38. The molecule has 0 aliphatic carbocycles. The summed E-state index contributed by atoms with van der Waals surface area (Å²) in [7, 11) is 0. The molecule has 1 heterocycles. The molecule has 0 fully saturated rings. The Morgan fingerprint density at radius 2 is 1.39 bits per heavy atom. The Morgan fingerprint density at radius 3 is 1.89 bits per heavy atom. The van der Waals surface area contributed by atoms with Gasteiger partial charge in [0.15, 0.2) is 0 Å². The van der Waals surface area contributed by atoms with Crippen molar-refractivity contribution in [1.29, 1.82) is 0 Å². The number of aromatic nitrogens is 2. The van der Waals surface area contributed by atoms with Gasteiger partial charge < -0.3 is 9.88 Å². The van der Waals surface area contributed by atoms with Crippen LogP contribution in [0.25, 0.3) is 11.3 Å². The quantitative estimate of drug-likeness (QED) is 0.183. The Labute approximate surface area is 232 Å². The zero-order chi connectivity index (χ0) is 26.4. The van der Waals surface area contributed by atoms with Crippen LogP contribution in [-0.2, 0) is 10.3 Å². The predicted molar refractivity (Wildman–Crippen MR) is 158 cm³/mol. The first-order chi connectivity index (χ1) is 18.6. The number of imidazole rings is 1. The fraction of sp³-hybridized carbons (Fsp3) is 0.152. The standard InChI is InChI=1S/C33H30BrN3O/c1-2-3-19-32(38)36-28-20-21-29(30(34)22-28)31-23-37(24-35-31)33(25-13-7-4-8-14-25,26-15-9-5-10-16-26)27-17-11-6-12-18-27/h4-18,20-24H,2-3,19H2,1H3,(H,36,38). The van der Waals surface area contributed by atoms with Crippen LogP contribution in [0, 0.1) is 0 Å². The molecule has 0 aliphatic rings. The number of unbranched alkanes of at least 4 members (excludes halogenated alkanes) is 1. The average Bonchev–Trinajstić information content (AvgIpc) is 3.44. The number of carbonyl (C=O) groups excluding carboxylic acids is 1. The van der Waals surface area contributed by atoms with Crippen molar-refractivity contribution in [2.75, 3.05) is 5.32 Å². The SMILES string of the molecule is CCCCC(=O)Nc1ccc(-c2cn(C(c3ccccc3)(c3ccccc3)c3ccccc3)cn2)c(Br)c1. The summed E-state index contributed by atoms with van der Waals surface area (Å²) in [5.74, 6) is 0.0362. The minimum atomic E-state index is -0.616.